The SMILES string of the molecule is CCOc1ccc(CCC2CCN(CC(=O)Nc3cccc(C(=O)NC4CC4)c3)CC2)cc1. The largest absolute Gasteiger partial charge is 0.494 e. The van der Waals surface area contributed by atoms with Gasteiger partial charge in [-0.3, -0.25) is 14.5 Å². The van der Waals surface area contributed by atoms with E-state index in [-0.39, 0.29) is 11.8 Å². The number of rotatable bonds is 10. The number of nitrogens with zero attached hydrogens (tertiary/aromatic N) is 1. The van der Waals surface area contributed by atoms with Crippen LogP contribution in [-0.4, -0.2) is 49.0 Å². The summed E-state index contributed by atoms with van der Waals surface area (Å²) in [5.74, 6) is 1.54. The summed E-state index contributed by atoms with van der Waals surface area (Å²) in [7, 11) is 0. The summed E-state index contributed by atoms with van der Waals surface area (Å²) in [6.45, 7) is 4.98. The van der Waals surface area contributed by atoms with Gasteiger partial charge in [-0.15, -0.1) is 0 Å². The molecule has 2 amide bonds. The minimum atomic E-state index is -0.0686. The van der Waals surface area contributed by atoms with Gasteiger partial charge in [0.25, 0.3) is 5.91 Å². The zero-order chi connectivity index (χ0) is 23.0. The highest BCUT2D eigenvalue weighted by atomic mass is 16.5. The van der Waals surface area contributed by atoms with Crippen LogP contribution < -0.4 is 15.4 Å². The Kier molecular flexibility index (Phi) is 8.00. The molecule has 2 aromatic carbocycles. The highest BCUT2D eigenvalue weighted by Crippen LogP contribution is 2.23. The van der Waals surface area contributed by atoms with E-state index in [1.54, 1.807) is 12.1 Å². The Morgan fingerprint density at radius 2 is 1.79 bits per heavy atom. The topological polar surface area (TPSA) is 70.7 Å². The molecule has 176 valence electrons. The fourth-order valence-corrected chi connectivity index (χ4v) is 4.36. The average molecular weight is 450 g/mol. The third-order valence-electron chi connectivity index (χ3n) is 6.47. The number of benzene rings is 2. The second-order valence-electron chi connectivity index (χ2n) is 9.21. The Morgan fingerprint density at radius 3 is 2.48 bits per heavy atom. The molecule has 6 heteroatoms. The van der Waals surface area contributed by atoms with Crippen LogP contribution in [0.3, 0.4) is 0 Å². The Morgan fingerprint density at radius 1 is 1.03 bits per heavy atom. The summed E-state index contributed by atoms with van der Waals surface area (Å²) in [5.41, 5.74) is 2.62. The predicted molar refractivity (Wildman–Crippen MR) is 131 cm³/mol. The number of aryl methyl sites for hydroxylation is 1. The fourth-order valence-electron chi connectivity index (χ4n) is 4.36. The second kappa shape index (κ2) is 11.3. The molecule has 0 spiro atoms. The first-order chi connectivity index (χ1) is 16.1. The zero-order valence-corrected chi connectivity index (χ0v) is 19.5. The first kappa shape index (κ1) is 23.3. The third-order valence-corrected chi connectivity index (χ3v) is 6.47. The first-order valence-corrected chi connectivity index (χ1v) is 12.2. The monoisotopic (exact) mass is 449 g/mol. The van der Waals surface area contributed by atoms with Gasteiger partial charge in [0, 0.05) is 17.3 Å². The van der Waals surface area contributed by atoms with Crippen LogP contribution in [-0.2, 0) is 11.2 Å². The van der Waals surface area contributed by atoms with Crippen LogP contribution in [0.25, 0.3) is 0 Å². The van der Waals surface area contributed by atoms with E-state index in [9.17, 15) is 9.59 Å². The van der Waals surface area contributed by atoms with Gasteiger partial charge in [-0.25, -0.2) is 0 Å². The standard InChI is InChI=1S/C27H35N3O3/c1-2-33-25-12-8-20(9-13-25)6-7-21-14-16-30(17-15-21)19-26(31)28-24-5-3-4-22(18-24)27(32)29-23-10-11-23/h3-5,8-9,12-13,18,21,23H,2,6-7,10-11,14-17,19H2,1H3,(H,28,31)(H,29,32). The van der Waals surface area contributed by atoms with Gasteiger partial charge in [0.2, 0.25) is 5.91 Å². The van der Waals surface area contributed by atoms with Crippen molar-refractivity contribution in [3.8, 4) is 5.75 Å². The molecule has 1 aliphatic heterocycles. The van der Waals surface area contributed by atoms with Crippen molar-refractivity contribution in [1.82, 2.24) is 10.2 Å². The maximum absolute atomic E-state index is 12.6. The molecule has 1 aliphatic carbocycles. The van der Waals surface area contributed by atoms with Crippen molar-refractivity contribution >= 4 is 17.5 Å². The Hall–Kier alpha value is -2.86. The molecule has 2 aromatic rings. The van der Waals surface area contributed by atoms with Crippen LogP contribution in [0.15, 0.2) is 48.5 Å². The molecule has 1 saturated heterocycles. The van der Waals surface area contributed by atoms with Gasteiger partial charge < -0.3 is 15.4 Å². The van der Waals surface area contributed by atoms with Crippen LogP contribution >= 0.6 is 0 Å². The summed E-state index contributed by atoms with van der Waals surface area (Å²) in [6.07, 6.45) is 6.63. The number of carbonyl (C=O) groups is 2. The van der Waals surface area contributed by atoms with Gasteiger partial charge in [0.05, 0.1) is 13.2 Å². The maximum Gasteiger partial charge on any atom is 0.251 e. The quantitative estimate of drug-likeness (QED) is 0.569. The smallest absolute Gasteiger partial charge is 0.251 e. The minimum absolute atomic E-state index is 0.0254. The van der Waals surface area contributed by atoms with Crippen LogP contribution in [0.2, 0.25) is 0 Å². The van der Waals surface area contributed by atoms with Gasteiger partial charge >= 0.3 is 0 Å². The van der Waals surface area contributed by atoms with E-state index in [2.05, 4.69) is 39.8 Å². The Bertz CT molecular complexity index is 932. The lowest BCUT2D eigenvalue weighted by Crippen LogP contribution is -2.39. The highest BCUT2D eigenvalue weighted by Gasteiger charge is 2.24. The minimum Gasteiger partial charge on any atom is -0.494 e. The molecular formula is C27H35N3O3. The van der Waals surface area contributed by atoms with Crippen LogP contribution in [0.1, 0.15) is 54.9 Å². The summed E-state index contributed by atoms with van der Waals surface area (Å²) in [4.78, 5) is 27.0. The van der Waals surface area contributed by atoms with Gasteiger partial charge in [0.1, 0.15) is 5.75 Å². The van der Waals surface area contributed by atoms with Crippen molar-refractivity contribution in [1.29, 1.82) is 0 Å². The number of likely N-dealkylation sites (tertiary alicyclic amines) is 1. The van der Waals surface area contributed by atoms with Gasteiger partial charge in [-0.2, -0.15) is 0 Å². The van der Waals surface area contributed by atoms with Crippen molar-refractivity contribution in [2.45, 2.75) is 51.5 Å². The van der Waals surface area contributed by atoms with Crippen LogP contribution in [0, 0.1) is 5.92 Å². The van der Waals surface area contributed by atoms with E-state index in [1.165, 1.54) is 12.0 Å². The van der Waals surface area contributed by atoms with Crippen molar-refractivity contribution in [2.75, 3.05) is 31.6 Å². The summed E-state index contributed by atoms with van der Waals surface area (Å²) in [5, 5.41) is 5.94. The molecule has 1 saturated carbocycles. The Balaban J connectivity index is 1.17. The number of carbonyl (C=O) groups excluding carboxylic acids is 2. The van der Waals surface area contributed by atoms with E-state index in [1.807, 2.05) is 19.1 Å². The zero-order valence-electron chi connectivity index (χ0n) is 19.5. The van der Waals surface area contributed by atoms with Crippen molar-refractivity contribution in [3.05, 3.63) is 59.7 Å². The maximum atomic E-state index is 12.6. The van der Waals surface area contributed by atoms with Crippen molar-refractivity contribution in [3.63, 3.8) is 0 Å². The molecule has 0 bridgehead atoms. The molecule has 6 nitrogen and oxygen atoms in total. The molecule has 33 heavy (non-hydrogen) atoms. The average Bonchev–Trinajstić information content (AvgIpc) is 3.64. The number of hydrogen-bond donors (Lipinski definition) is 2. The fraction of sp³-hybridized carbons (Fsp3) is 0.481. The molecular weight excluding hydrogens is 414 g/mol. The van der Waals surface area contributed by atoms with Crippen LogP contribution in [0.5, 0.6) is 5.75 Å². The highest BCUT2D eigenvalue weighted by molar-refractivity contribution is 5.97. The number of ether oxygens (including phenoxy) is 1. The van der Waals surface area contributed by atoms with Gasteiger partial charge in [0.15, 0.2) is 0 Å². The number of amides is 2. The summed E-state index contributed by atoms with van der Waals surface area (Å²) < 4.78 is 5.51. The molecule has 4 rings (SSSR count). The lowest BCUT2D eigenvalue weighted by Gasteiger charge is -2.31. The Labute approximate surface area is 196 Å². The van der Waals surface area contributed by atoms with E-state index in [0.29, 0.717) is 36.4 Å². The van der Waals surface area contributed by atoms with Crippen molar-refractivity contribution in [2.24, 2.45) is 5.92 Å². The van der Waals surface area contributed by atoms with E-state index < -0.39 is 0 Å². The van der Waals surface area contributed by atoms with E-state index in [4.69, 9.17) is 4.74 Å². The molecule has 0 aromatic heterocycles. The predicted octanol–water partition coefficient (Wildman–Crippen LogP) is 4.26. The molecule has 2 aliphatic rings. The molecule has 2 fully saturated rings. The number of piperidine rings is 1. The van der Waals surface area contributed by atoms with E-state index >= 15 is 0 Å². The van der Waals surface area contributed by atoms with Gasteiger partial charge in [-0.1, -0.05) is 18.2 Å². The molecule has 0 atom stereocenters. The summed E-state index contributed by atoms with van der Waals surface area (Å²) >= 11 is 0. The molecule has 1 heterocycles. The summed E-state index contributed by atoms with van der Waals surface area (Å²) in [6, 6.07) is 15.9. The molecule has 2 N–H and O–H groups in total. The third kappa shape index (κ3) is 7.32. The van der Waals surface area contributed by atoms with Crippen molar-refractivity contribution < 1.29 is 14.3 Å². The van der Waals surface area contributed by atoms with Gasteiger partial charge in [-0.05, 0) is 100 Å². The normalized spacial score (nSPS) is 16.9. The number of nitrogens with one attached hydrogen (secondary N) is 2. The number of hydrogen-bond acceptors (Lipinski definition) is 4. The van der Waals surface area contributed by atoms with Crippen LogP contribution in [0.4, 0.5) is 5.69 Å². The lowest BCUT2D eigenvalue weighted by atomic mass is 9.90. The lowest BCUT2D eigenvalue weighted by molar-refractivity contribution is -0.117. The number of anilines is 1. The second-order valence-corrected chi connectivity index (χ2v) is 9.21. The molecule has 0 radical (unpaired) electrons. The first-order valence-electron chi connectivity index (χ1n) is 12.2. The van der Waals surface area contributed by atoms with E-state index in [0.717, 1.165) is 50.9 Å². The molecule has 0 unspecified atom stereocenters.